The molecule has 8 heteroatoms. The first kappa shape index (κ1) is 17.3. The lowest BCUT2D eigenvalue weighted by Gasteiger charge is -2.39. The summed E-state index contributed by atoms with van der Waals surface area (Å²) in [5.74, 6) is 2.07. The van der Waals surface area contributed by atoms with Gasteiger partial charge in [0.1, 0.15) is 5.82 Å². The van der Waals surface area contributed by atoms with Crippen molar-refractivity contribution in [3.63, 3.8) is 0 Å². The van der Waals surface area contributed by atoms with E-state index in [-0.39, 0.29) is 5.75 Å². The summed E-state index contributed by atoms with van der Waals surface area (Å²) in [5, 5.41) is 3.33. The number of hydrogen-bond acceptors (Lipinski definition) is 4. The summed E-state index contributed by atoms with van der Waals surface area (Å²) in [6, 6.07) is 0. The molecule has 2 aliphatic heterocycles. The lowest BCUT2D eigenvalue weighted by molar-refractivity contribution is 0.353. The summed E-state index contributed by atoms with van der Waals surface area (Å²) < 4.78 is 25.8. The Kier molecular flexibility index (Phi) is 4.59. The van der Waals surface area contributed by atoms with Gasteiger partial charge in [-0.05, 0) is 26.7 Å². The van der Waals surface area contributed by atoms with E-state index in [0.29, 0.717) is 19.6 Å². The second kappa shape index (κ2) is 6.38. The number of fused-ring (bicyclic) bond motifs is 1. The highest BCUT2D eigenvalue weighted by atomic mass is 32.2. The van der Waals surface area contributed by atoms with E-state index in [1.54, 1.807) is 20.9 Å². The maximum Gasteiger partial charge on any atom is 0.194 e. The summed E-state index contributed by atoms with van der Waals surface area (Å²) in [6.07, 6.45) is 5.59. The summed E-state index contributed by atoms with van der Waals surface area (Å²) in [6.45, 7) is 6.15. The van der Waals surface area contributed by atoms with E-state index in [2.05, 4.69) is 26.1 Å². The van der Waals surface area contributed by atoms with Crippen molar-refractivity contribution in [2.45, 2.75) is 50.9 Å². The van der Waals surface area contributed by atoms with Crippen LogP contribution in [0.4, 0.5) is 0 Å². The smallest absolute Gasteiger partial charge is 0.194 e. The third kappa shape index (κ3) is 3.29. The zero-order valence-electron chi connectivity index (χ0n) is 14.7. The third-order valence-electron chi connectivity index (χ3n) is 4.94. The van der Waals surface area contributed by atoms with Gasteiger partial charge in [-0.25, -0.2) is 13.4 Å². The molecule has 1 aromatic heterocycles. The maximum absolute atomic E-state index is 12.2. The van der Waals surface area contributed by atoms with Gasteiger partial charge in [-0.15, -0.1) is 0 Å². The molecule has 24 heavy (non-hydrogen) atoms. The van der Waals surface area contributed by atoms with Crippen LogP contribution in [-0.2, 0) is 29.3 Å². The molecule has 0 atom stereocenters. The minimum atomic E-state index is -3.05. The fraction of sp³-hybridized carbons (Fsp3) is 0.750. The molecule has 0 aromatic carbocycles. The fourth-order valence-corrected chi connectivity index (χ4v) is 4.75. The summed E-state index contributed by atoms with van der Waals surface area (Å²) >= 11 is 0. The van der Waals surface area contributed by atoms with Crippen molar-refractivity contribution in [1.82, 2.24) is 19.8 Å². The molecule has 1 saturated heterocycles. The molecule has 2 aliphatic rings. The highest BCUT2D eigenvalue weighted by Crippen LogP contribution is 2.23. The van der Waals surface area contributed by atoms with Gasteiger partial charge < -0.3 is 14.8 Å². The number of imidazole rings is 1. The topological polar surface area (TPSA) is 79.6 Å². The second-order valence-electron chi connectivity index (χ2n) is 7.20. The van der Waals surface area contributed by atoms with Gasteiger partial charge in [-0.2, -0.15) is 0 Å². The summed E-state index contributed by atoms with van der Waals surface area (Å²) in [4.78, 5) is 11.0. The van der Waals surface area contributed by atoms with Crippen LogP contribution in [0.15, 0.2) is 11.2 Å². The molecule has 0 saturated carbocycles. The molecule has 0 bridgehead atoms. The molecular formula is C16H27N5O2S. The number of nitrogens with zero attached hydrogens (tertiary/aromatic N) is 4. The SMILES string of the molecule is CN=C(NCc1cn2c(n1)CCCC2)N1CCS(=O)(=O)C(C)(C)C1. The number of rotatable bonds is 2. The Hall–Kier alpha value is -1.57. The molecule has 0 unspecified atom stereocenters. The van der Waals surface area contributed by atoms with E-state index >= 15 is 0 Å². The molecule has 1 aromatic rings. The Bertz CT molecular complexity index is 712. The predicted octanol–water partition coefficient (Wildman–Crippen LogP) is 0.804. The van der Waals surface area contributed by atoms with Crippen LogP contribution in [0.2, 0.25) is 0 Å². The average molecular weight is 353 g/mol. The molecule has 0 aliphatic carbocycles. The minimum absolute atomic E-state index is 0.166. The normalized spacial score (nSPS) is 23.0. The number of guanidine groups is 1. The van der Waals surface area contributed by atoms with Crippen LogP contribution in [0.25, 0.3) is 0 Å². The molecule has 134 valence electrons. The van der Waals surface area contributed by atoms with Gasteiger partial charge in [-0.3, -0.25) is 4.99 Å². The van der Waals surface area contributed by atoms with Crippen molar-refractivity contribution in [2.24, 2.45) is 4.99 Å². The maximum atomic E-state index is 12.2. The van der Waals surface area contributed by atoms with E-state index in [9.17, 15) is 8.42 Å². The Morgan fingerprint density at radius 2 is 2.17 bits per heavy atom. The van der Waals surface area contributed by atoms with Crippen molar-refractivity contribution in [3.8, 4) is 0 Å². The molecule has 0 amide bonds. The first-order chi connectivity index (χ1) is 11.3. The van der Waals surface area contributed by atoms with Crippen LogP contribution in [0.1, 0.15) is 38.2 Å². The van der Waals surface area contributed by atoms with Gasteiger partial charge in [-0.1, -0.05) is 0 Å². The van der Waals surface area contributed by atoms with E-state index < -0.39 is 14.6 Å². The van der Waals surface area contributed by atoms with E-state index in [1.165, 1.54) is 18.7 Å². The van der Waals surface area contributed by atoms with Gasteiger partial charge in [0.05, 0.1) is 22.7 Å². The highest BCUT2D eigenvalue weighted by molar-refractivity contribution is 7.92. The first-order valence-corrected chi connectivity index (χ1v) is 10.2. The molecule has 1 fully saturated rings. The molecule has 7 nitrogen and oxygen atoms in total. The van der Waals surface area contributed by atoms with Crippen LogP contribution in [0, 0.1) is 0 Å². The van der Waals surface area contributed by atoms with Gasteiger partial charge in [0, 0.05) is 39.3 Å². The average Bonchev–Trinajstić information content (AvgIpc) is 2.94. The largest absolute Gasteiger partial charge is 0.351 e. The van der Waals surface area contributed by atoms with Crippen LogP contribution >= 0.6 is 0 Å². The van der Waals surface area contributed by atoms with Crippen LogP contribution in [0.3, 0.4) is 0 Å². The minimum Gasteiger partial charge on any atom is -0.351 e. The van der Waals surface area contributed by atoms with Crippen molar-refractivity contribution < 1.29 is 8.42 Å². The fourth-order valence-electron chi connectivity index (χ4n) is 3.38. The number of hydrogen-bond donors (Lipinski definition) is 1. The molecule has 3 heterocycles. The number of sulfone groups is 1. The zero-order chi connectivity index (χ0) is 17.4. The highest BCUT2D eigenvalue weighted by Gasteiger charge is 2.40. The third-order valence-corrected chi connectivity index (χ3v) is 7.47. The number of aryl methyl sites for hydroxylation is 2. The van der Waals surface area contributed by atoms with Crippen molar-refractivity contribution in [3.05, 3.63) is 17.7 Å². The second-order valence-corrected chi connectivity index (χ2v) is 9.94. The van der Waals surface area contributed by atoms with Crippen LogP contribution in [-0.4, -0.2) is 59.5 Å². The van der Waals surface area contributed by atoms with Crippen LogP contribution in [0.5, 0.6) is 0 Å². The Morgan fingerprint density at radius 3 is 2.83 bits per heavy atom. The number of nitrogens with one attached hydrogen (secondary N) is 1. The number of aromatic nitrogens is 2. The van der Waals surface area contributed by atoms with Crippen molar-refractivity contribution in [2.75, 3.05) is 25.9 Å². The van der Waals surface area contributed by atoms with Crippen molar-refractivity contribution in [1.29, 1.82) is 0 Å². The Morgan fingerprint density at radius 1 is 1.38 bits per heavy atom. The molecular weight excluding hydrogens is 326 g/mol. The quantitative estimate of drug-likeness (QED) is 0.628. The van der Waals surface area contributed by atoms with E-state index in [0.717, 1.165) is 24.6 Å². The molecule has 0 spiro atoms. The van der Waals surface area contributed by atoms with Crippen LogP contribution < -0.4 is 5.32 Å². The Labute approximate surface area is 144 Å². The molecule has 1 N–H and O–H groups in total. The number of aliphatic imine (C=N–C) groups is 1. The lowest BCUT2D eigenvalue weighted by Crippen LogP contribution is -2.57. The van der Waals surface area contributed by atoms with Crippen molar-refractivity contribution >= 4 is 15.8 Å². The standard InChI is InChI=1S/C16H27N5O2S/c1-16(2)12-21(8-9-24(16,22)23)15(17-3)18-10-13-11-20-7-5-4-6-14(20)19-13/h11H,4-10,12H2,1-3H3,(H,17,18). The van der Waals surface area contributed by atoms with E-state index in [1.807, 2.05) is 4.90 Å². The molecule has 3 rings (SSSR count). The predicted molar refractivity (Wildman–Crippen MR) is 94.8 cm³/mol. The zero-order valence-corrected chi connectivity index (χ0v) is 15.6. The molecule has 0 radical (unpaired) electrons. The van der Waals surface area contributed by atoms with Gasteiger partial charge in [0.15, 0.2) is 15.8 Å². The van der Waals surface area contributed by atoms with Gasteiger partial charge >= 0.3 is 0 Å². The first-order valence-electron chi connectivity index (χ1n) is 8.55. The van der Waals surface area contributed by atoms with E-state index in [4.69, 9.17) is 0 Å². The summed E-state index contributed by atoms with van der Waals surface area (Å²) in [5.41, 5.74) is 1.01. The summed E-state index contributed by atoms with van der Waals surface area (Å²) in [7, 11) is -1.31. The monoisotopic (exact) mass is 353 g/mol. The lowest BCUT2D eigenvalue weighted by atomic mass is 10.2. The van der Waals surface area contributed by atoms with Gasteiger partial charge in [0.25, 0.3) is 0 Å². The Balaban J connectivity index is 1.64. The van der Waals surface area contributed by atoms with Gasteiger partial charge in [0.2, 0.25) is 0 Å².